The van der Waals surface area contributed by atoms with Gasteiger partial charge in [-0.1, -0.05) is 30.0 Å². The van der Waals surface area contributed by atoms with E-state index >= 15 is 0 Å². The first kappa shape index (κ1) is 23.3. The summed E-state index contributed by atoms with van der Waals surface area (Å²) in [6.07, 6.45) is 1.62. The van der Waals surface area contributed by atoms with Crippen molar-refractivity contribution in [2.75, 3.05) is 11.9 Å². The maximum absolute atomic E-state index is 12.9. The zero-order chi connectivity index (χ0) is 23.4. The molecule has 0 aromatic heterocycles. The summed E-state index contributed by atoms with van der Waals surface area (Å²) >= 11 is 6.40. The molecule has 0 bridgehead atoms. The van der Waals surface area contributed by atoms with Gasteiger partial charge >= 0.3 is 5.97 Å². The highest BCUT2D eigenvalue weighted by molar-refractivity contribution is 8.26. The van der Waals surface area contributed by atoms with Gasteiger partial charge in [-0.15, -0.1) is 0 Å². The number of aromatic hydroxyl groups is 1. The summed E-state index contributed by atoms with van der Waals surface area (Å²) < 4.78 is 5.61. The molecule has 2 aromatic carbocycles. The average Bonchev–Trinajstić information content (AvgIpc) is 3.03. The number of carboxylic acid groups (broad SMARTS) is 1. The maximum atomic E-state index is 12.9. The van der Waals surface area contributed by atoms with Gasteiger partial charge in [-0.05, 0) is 61.9 Å². The van der Waals surface area contributed by atoms with Gasteiger partial charge in [-0.2, -0.15) is 0 Å². The number of phenolic OH excluding ortho intramolecular Hbond substituents is 1. The van der Waals surface area contributed by atoms with Crippen LogP contribution in [0, 0.1) is 0 Å². The van der Waals surface area contributed by atoms with E-state index in [2.05, 4.69) is 5.32 Å². The van der Waals surface area contributed by atoms with Gasteiger partial charge in [0.25, 0.3) is 5.91 Å². The topological polar surface area (TPSA) is 116 Å². The molecular formula is C22H20N2O6S2. The van der Waals surface area contributed by atoms with Crippen LogP contribution >= 0.6 is 24.0 Å². The number of nitrogens with one attached hydrogen (secondary N) is 1. The standard InChI is InChI=1S/C22H20N2O6S2/c1-3-30-17-10-13(4-9-16(17)25)11-18-20(27)24(22(31)32-18)12(2)19(26)23-15-7-5-14(6-8-15)21(28)29/h4-12,25H,3H2,1-2H3,(H,23,26)(H,28,29)/b18-11-. The largest absolute Gasteiger partial charge is 0.504 e. The number of carbonyl (C=O) groups excluding carboxylic acids is 2. The second-order valence-electron chi connectivity index (χ2n) is 6.76. The zero-order valence-electron chi connectivity index (χ0n) is 17.2. The van der Waals surface area contributed by atoms with Gasteiger partial charge < -0.3 is 20.3 Å². The monoisotopic (exact) mass is 472 g/mol. The molecule has 2 aromatic rings. The molecule has 1 aliphatic rings. The highest BCUT2D eigenvalue weighted by Crippen LogP contribution is 2.35. The van der Waals surface area contributed by atoms with Crippen LogP contribution in [-0.4, -0.2) is 49.9 Å². The third-order valence-corrected chi connectivity index (χ3v) is 5.90. The highest BCUT2D eigenvalue weighted by Gasteiger charge is 2.38. The lowest BCUT2D eigenvalue weighted by Gasteiger charge is -2.22. The molecule has 0 radical (unpaired) electrons. The number of thiocarbonyl (C=S) groups is 1. The molecule has 1 atom stereocenters. The summed E-state index contributed by atoms with van der Waals surface area (Å²) in [5, 5.41) is 21.5. The van der Waals surface area contributed by atoms with Crippen molar-refractivity contribution in [2.45, 2.75) is 19.9 Å². The van der Waals surface area contributed by atoms with Crippen molar-refractivity contribution in [3.63, 3.8) is 0 Å². The first-order valence-electron chi connectivity index (χ1n) is 9.58. The molecule has 0 spiro atoms. The number of carbonyl (C=O) groups is 3. The summed E-state index contributed by atoms with van der Waals surface area (Å²) in [4.78, 5) is 38.1. The summed E-state index contributed by atoms with van der Waals surface area (Å²) in [5.41, 5.74) is 1.14. The summed E-state index contributed by atoms with van der Waals surface area (Å²) in [5.74, 6) is -1.64. The van der Waals surface area contributed by atoms with Gasteiger partial charge in [-0.3, -0.25) is 14.5 Å². The minimum absolute atomic E-state index is 0.00164. The molecule has 1 unspecified atom stereocenters. The van der Waals surface area contributed by atoms with Gasteiger partial charge in [0.2, 0.25) is 5.91 Å². The van der Waals surface area contributed by atoms with Crippen molar-refractivity contribution >= 4 is 57.8 Å². The van der Waals surface area contributed by atoms with Crippen LogP contribution in [0.1, 0.15) is 29.8 Å². The molecule has 1 aliphatic heterocycles. The molecule has 1 fully saturated rings. The molecule has 10 heteroatoms. The van der Waals surface area contributed by atoms with Gasteiger partial charge in [0, 0.05) is 5.69 Å². The van der Waals surface area contributed by atoms with Gasteiger partial charge in [0.1, 0.15) is 10.4 Å². The number of amides is 2. The van der Waals surface area contributed by atoms with Crippen LogP contribution in [0.15, 0.2) is 47.4 Å². The second-order valence-corrected chi connectivity index (χ2v) is 8.44. The number of carboxylic acids is 1. The first-order chi connectivity index (χ1) is 15.2. The Kier molecular flexibility index (Phi) is 7.16. The Morgan fingerprint density at radius 1 is 1.25 bits per heavy atom. The van der Waals surface area contributed by atoms with Crippen LogP contribution in [0.4, 0.5) is 5.69 Å². The lowest BCUT2D eigenvalue weighted by molar-refractivity contribution is -0.129. The number of nitrogens with zero attached hydrogens (tertiary/aromatic N) is 1. The molecule has 2 amide bonds. The lowest BCUT2D eigenvalue weighted by atomic mass is 10.1. The van der Waals surface area contributed by atoms with E-state index in [1.165, 1.54) is 35.2 Å². The van der Waals surface area contributed by atoms with Crippen molar-refractivity contribution in [2.24, 2.45) is 0 Å². The molecule has 166 valence electrons. The number of ether oxygens (including phenoxy) is 1. The fourth-order valence-electron chi connectivity index (χ4n) is 2.92. The Morgan fingerprint density at radius 2 is 1.94 bits per heavy atom. The Labute approximate surface area is 193 Å². The predicted octanol–water partition coefficient (Wildman–Crippen LogP) is 3.72. The summed E-state index contributed by atoms with van der Waals surface area (Å²) in [6, 6.07) is 9.54. The summed E-state index contributed by atoms with van der Waals surface area (Å²) in [6.45, 7) is 3.73. The molecule has 1 saturated heterocycles. The molecule has 3 rings (SSSR count). The zero-order valence-corrected chi connectivity index (χ0v) is 18.8. The fraction of sp³-hybridized carbons (Fsp3) is 0.182. The third-order valence-electron chi connectivity index (χ3n) is 4.57. The highest BCUT2D eigenvalue weighted by atomic mass is 32.2. The molecule has 1 heterocycles. The quantitative estimate of drug-likeness (QED) is 0.413. The third kappa shape index (κ3) is 5.09. The normalized spacial score (nSPS) is 15.7. The number of hydrogen-bond donors (Lipinski definition) is 3. The van der Waals surface area contributed by atoms with E-state index in [0.717, 1.165) is 11.8 Å². The Morgan fingerprint density at radius 3 is 2.56 bits per heavy atom. The minimum Gasteiger partial charge on any atom is -0.504 e. The van der Waals surface area contributed by atoms with Gasteiger partial charge in [0.05, 0.1) is 17.1 Å². The number of aromatic carboxylic acids is 1. The Balaban J connectivity index is 1.74. The number of thioether (sulfide) groups is 1. The van der Waals surface area contributed by atoms with E-state index in [1.807, 2.05) is 0 Å². The number of anilines is 1. The molecule has 0 aliphatic carbocycles. The number of hydrogen-bond acceptors (Lipinski definition) is 7. The van der Waals surface area contributed by atoms with E-state index in [4.69, 9.17) is 22.1 Å². The van der Waals surface area contributed by atoms with E-state index in [1.54, 1.807) is 32.1 Å². The van der Waals surface area contributed by atoms with Crippen LogP contribution in [0.25, 0.3) is 6.08 Å². The van der Waals surface area contributed by atoms with Crippen molar-refractivity contribution in [3.05, 3.63) is 58.5 Å². The molecular weight excluding hydrogens is 452 g/mol. The molecule has 8 nitrogen and oxygen atoms in total. The van der Waals surface area contributed by atoms with Gasteiger partial charge in [0.15, 0.2) is 11.5 Å². The van der Waals surface area contributed by atoms with Crippen molar-refractivity contribution in [3.8, 4) is 11.5 Å². The van der Waals surface area contributed by atoms with Crippen molar-refractivity contribution in [1.29, 1.82) is 0 Å². The fourth-order valence-corrected chi connectivity index (χ4v) is 4.34. The van der Waals surface area contributed by atoms with Crippen LogP contribution in [0.2, 0.25) is 0 Å². The van der Waals surface area contributed by atoms with E-state index < -0.39 is 23.8 Å². The number of phenols is 1. The molecule has 32 heavy (non-hydrogen) atoms. The van der Waals surface area contributed by atoms with Crippen molar-refractivity contribution in [1.82, 2.24) is 4.90 Å². The average molecular weight is 473 g/mol. The summed E-state index contributed by atoms with van der Waals surface area (Å²) in [7, 11) is 0. The Bertz CT molecular complexity index is 1110. The Hall–Kier alpha value is -3.37. The van der Waals surface area contributed by atoms with Crippen LogP contribution < -0.4 is 10.1 Å². The van der Waals surface area contributed by atoms with E-state index in [0.29, 0.717) is 28.5 Å². The van der Waals surface area contributed by atoms with Crippen LogP contribution in [0.3, 0.4) is 0 Å². The predicted molar refractivity (Wildman–Crippen MR) is 126 cm³/mol. The van der Waals surface area contributed by atoms with Crippen LogP contribution in [0.5, 0.6) is 11.5 Å². The van der Waals surface area contributed by atoms with E-state index in [-0.39, 0.29) is 15.6 Å². The first-order valence-corrected chi connectivity index (χ1v) is 10.8. The van der Waals surface area contributed by atoms with E-state index in [9.17, 15) is 19.5 Å². The molecule has 3 N–H and O–H groups in total. The number of rotatable bonds is 7. The van der Waals surface area contributed by atoms with Gasteiger partial charge in [-0.25, -0.2) is 4.79 Å². The van der Waals surface area contributed by atoms with Crippen molar-refractivity contribution < 1.29 is 29.3 Å². The smallest absolute Gasteiger partial charge is 0.335 e. The molecule has 0 saturated carbocycles. The maximum Gasteiger partial charge on any atom is 0.335 e. The second kappa shape index (κ2) is 9.84. The SMILES string of the molecule is CCOc1cc(/C=C2\SC(=S)N(C(C)C(=O)Nc3ccc(C(=O)O)cc3)C2=O)ccc1O. The lowest BCUT2D eigenvalue weighted by Crippen LogP contribution is -2.44. The number of benzene rings is 2. The van der Waals surface area contributed by atoms with Crippen LogP contribution in [-0.2, 0) is 9.59 Å². The minimum atomic E-state index is -1.07.